The first-order valence-corrected chi connectivity index (χ1v) is 8.77. The highest BCUT2D eigenvalue weighted by Crippen LogP contribution is 2.25. The van der Waals surface area contributed by atoms with Gasteiger partial charge in [0.1, 0.15) is 0 Å². The minimum atomic E-state index is -0.0599. The van der Waals surface area contributed by atoms with Crippen molar-refractivity contribution in [2.45, 2.75) is 44.7 Å². The van der Waals surface area contributed by atoms with Crippen LogP contribution in [-0.2, 0) is 11.2 Å². The van der Waals surface area contributed by atoms with Gasteiger partial charge in [-0.3, -0.25) is 4.79 Å². The highest BCUT2D eigenvalue weighted by Gasteiger charge is 2.32. The summed E-state index contributed by atoms with van der Waals surface area (Å²) in [6.07, 6.45) is 4.16. The Bertz CT molecular complexity index is 567. The van der Waals surface area contributed by atoms with Crippen LogP contribution in [0.3, 0.4) is 0 Å². The maximum absolute atomic E-state index is 12.7. The molecule has 2 aliphatic heterocycles. The van der Waals surface area contributed by atoms with Crippen LogP contribution in [0.4, 0.5) is 0 Å². The van der Waals surface area contributed by atoms with Crippen LogP contribution in [0.25, 0.3) is 0 Å². The molecule has 3 nitrogen and oxygen atoms in total. The normalized spacial score (nSPS) is 24.7. The predicted molar refractivity (Wildman–Crippen MR) is 97.7 cm³/mol. The highest BCUT2D eigenvalue weighted by molar-refractivity contribution is 6.35. The molecule has 3 rings (SSSR count). The van der Waals surface area contributed by atoms with E-state index in [1.165, 1.54) is 12.8 Å². The van der Waals surface area contributed by atoms with E-state index in [0.29, 0.717) is 28.5 Å². The fraction of sp³-hybridized carbons (Fsp3) is 0.588. The van der Waals surface area contributed by atoms with E-state index < -0.39 is 0 Å². The van der Waals surface area contributed by atoms with Crippen molar-refractivity contribution in [3.63, 3.8) is 0 Å². The molecule has 1 amide bonds. The largest absolute Gasteiger partial charge is 0.341 e. The highest BCUT2D eigenvalue weighted by atomic mass is 35.5. The minimum absolute atomic E-state index is 0. The van der Waals surface area contributed by atoms with Crippen molar-refractivity contribution in [1.82, 2.24) is 10.2 Å². The van der Waals surface area contributed by atoms with Crippen LogP contribution >= 0.6 is 35.6 Å². The van der Waals surface area contributed by atoms with E-state index in [0.717, 1.165) is 25.1 Å². The fourth-order valence-corrected chi connectivity index (χ4v) is 4.04. The second-order valence-corrected chi connectivity index (χ2v) is 7.40. The molecule has 1 N–H and O–H groups in total. The number of carbonyl (C=O) groups is 1. The molecule has 2 fully saturated rings. The molecule has 2 aliphatic rings. The monoisotopic (exact) mass is 376 g/mol. The number of likely N-dealkylation sites (tertiary alicyclic amines) is 1. The zero-order valence-corrected chi connectivity index (χ0v) is 15.6. The molecule has 3 unspecified atom stereocenters. The van der Waals surface area contributed by atoms with Crippen LogP contribution in [0.2, 0.25) is 10.0 Å². The van der Waals surface area contributed by atoms with E-state index in [-0.39, 0.29) is 24.2 Å². The van der Waals surface area contributed by atoms with Gasteiger partial charge < -0.3 is 10.2 Å². The summed E-state index contributed by atoms with van der Waals surface area (Å²) < 4.78 is 0. The Morgan fingerprint density at radius 2 is 2.04 bits per heavy atom. The minimum Gasteiger partial charge on any atom is -0.341 e. The molecule has 2 bridgehead atoms. The van der Waals surface area contributed by atoms with Crippen molar-refractivity contribution in [3.05, 3.63) is 33.8 Å². The van der Waals surface area contributed by atoms with Crippen molar-refractivity contribution in [1.29, 1.82) is 0 Å². The van der Waals surface area contributed by atoms with Gasteiger partial charge in [-0.05, 0) is 43.4 Å². The summed E-state index contributed by atoms with van der Waals surface area (Å²) >= 11 is 12.1. The van der Waals surface area contributed by atoms with E-state index >= 15 is 0 Å². The predicted octanol–water partition coefficient (Wildman–Crippen LogP) is 3.95. The standard InChI is InChI=1S/C17H22Cl2N2O.ClH/c1-11(8-12-2-3-13(18)9-16(12)19)17(22)21-7-6-14-4-5-15(10-21)20-14;/h2-3,9,11,14-15,20H,4-8,10H2,1H3;1H. The average molecular weight is 378 g/mol. The number of fused-ring (bicyclic) bond motifs is 2. The van der Waals surface area contributed by atoms with E-state index in [9.17, 15) is 4.79 Å². The second kappa shape index (κ2) is 8.06. The lowest BCUT2D eigenvalue weighted by Crippen LogP contribution is -2.41. The quantitative estimate of drug-likeness (QED) is 0.865. The number of hydrogen-bond acceptors (Lipinski definition) is 2. The van der Waals surface area contributed by atoms with Gasteiger partial charge in [0, 0.05) is 41.1 Å². The van der Waals surface area contributed by atoms with Gasteiger partial charge in [0.05, 0.1) is 0 Å². The Labute approximate surface area is 154 Å². The van der Waals surface area contributed by atoms with Gasteiger partial charge in [-0.1, -0.05) is 36.2 Å². The SMILES string of the molecule is CC(Cc1ccc(Cl)cc1Cl)C(=O)N1CCC2CCC(C1)N2.Cl. The van der Waals surface area contributed by atoms with Crippen molar-refractivity contribution >= 4 is 41.5 Å². The van der Waals surface area contributed by atoms with Gasteiger partial charge >= 0.3 is 0 Å². The number of amides is 1. The van der Waals surface area contributed by atoms with Crippen LogP contribution in [0.5, 0.6) is 0 Å². The zero-order valence-electron chi connectivity index (χ0n) is 13.2. The van der Waals surface area contributed by atoms with Crippen LogP contribution in [0.15, 0.2) is 18.2 Å². The molecule has 0 radical (unpaired) electrons. The number of nitrogens with one attached hydrogen (secondary N) is 1. The van der Waals surface area contributed by atoms with Crippen molar-refractivity contribution in [2.75, 3.05) is 13.1 Å². The molecule has 23 heavy (non-hydrogen) atoms. The number of nitrogens with zero attached hydrogens (tertiary/aromatic N) is 1. The molecular weight excluding hydrogens is 355 g/mol. The van der Waals surface area contributed by atoms with Gasteiger partial charge in [-0.25, -0.2) is 0 Å². The summed E-state index contributed by atoms with van der Waals surface area (Å²) in [6, 6.07) is 6.56. The Morgan fingerprint density at radius 3 is 2.78 bits per heavy atom. The average Bonchev–Trinajstić information content (AvgIpc) is 2.80. The van der Waals surface area contributed by atoms with Crippen LogP contribution in [0, 0.1) is 5.92 Å². The first kappa shape index (κ1) is 18.9. The first-order valence-electron chi connectivity index (χ1n) is 8.01. The number of benzene rings is 1. The van der Waals surface area contributed by atoms with Crippen LogP contribution in [0.1, 0.15) is 31.7 Å². The molecule has 0 spiro atoms. The van der Waals surface area contributed by atoms with Gasteiger partial charge in [0.2, 0.25) is 5.91 Å². The van der Waals surface area contributed by atoms with Gasteiger partial charge in [-0.15, -0.1) is 12.4 Å². The van der Waals surface area contributed by atoms with E-state index in [1.807, 2.05) is 24.0 Å². The lowest BCUT2D eigenvalue weighted by Gasteiger charge is -2.27. The van der Waals surface area contributed by atoms with E-state index in [2.05, 4.69) is 5.32 Å². The molecule has 0 saturated carbocycles. The van der Waals surface area contributed by atoms with Crippen LogP contribution in [-0.4, -0.2) is 36.0 Å². The maximum atomic E-state index is 12.7. The topological polar surface area (TPSA) is 32.3 Å². The molecular formula is C17H23Cl3N2O. The number of hydrogen-bond donors (Lipinski definition) is 1. The summed E-state index contributed by atoms with van der Waals surface area (Å²) in [6.45, 7) is 3.70. The Morgan fingerprint density at radius 1 is 1.30 bits per heavy atom. The van der Waals surface area contributed by atoms with E-state index in [1.54, 1.807) is 6.07 Å². The first-order chi connectivity index (χ1) is 10.5. The Hall–Kier alpha value is -0.480. The molecule has 128 valence electrons. The molecule has 0 aliphatic carbocycles. The summed E-state index contributed by atoms with van der Waals surface area (Å²) in [5.41, 5.74) is 0.987. The Kier molecular flexibility index (Phi) is 6.61. The third-order valence-electron chi connectivity index (χ3n) is 4.80. The summed E-state index contributed by atoms with van der Waals surface area (Å²) in [5, 5.41) is 4.88. The van der Waals surface area contributed by atoms with Gasteiger partial charge in [-0.2, -0.15) is 0 Å². The summed E-state index contributed by atoms with van der Waals surface area (Å²) in [4.78, 5) is 14.8. The second-order valence-electron chi connectivity index (χ2n) is 6.55. The third kappa shape index (κ3) is 4.54. The van der Waals surface area contributed by atoms with Crippen LogP contribution < -0.4 is 5.32 Å². The van der Waals surface area contributed by atoms with Crippen molar-refractivity contribution in [3.8, 4) is 0 Å². The smallest absolute Gasteiger partial charge is 0.225 e. The lowest BCUT2D eigenvalue weighted by atomic mass is 9.98. The maximum Gasteiger partial charge on any atom is 0.225 e. The number of carbonyl (C=O) groups excluding carboxylic acids is 1. The molecule has 1 aromatic carbocycles. The number of rotatable bonds is 3. The van der Waals surface area contributed by atoms with E-state index in [4.69, 9.17) is 23.2 Å². The summed E-state index contributed by atoms with van der Waals surface area (Å²) in [5.74, 6) is 0.177. The molecule has 1 aromatic rings. The Balaban J connectivity index is 0.00000192. The molecule has 2 saturated heterocycles. The van der Waals surface area contributed by atoms with Crippen molar-refractivity contribution < 1.29 is 4.79 Å². The lowest BCUT2D eigenvalue weighted by molar-refractivity contribution is -0.135. The van der Waals surface area contributed by atoms with Gasteiger partial charge in [0.25, 0.3) is 0 Å². The van der Waals surface area contributed by atoms with Gasteiger partial charge in [0.15, 0.2) is 0 Å². The molecule has 3 atom stereocenters. The summed E-state index contributed by atoms with van der Waals surface area (Å²) in [7, 11) is 0. The molecule has 2 heterocycles. The van der Waals surface area contributed by atoms with Crippen molar-refractivity contribution in [2.24, 2.45) is 5.92 Å². The third-order valence-corrected chi connectivity index (χ3v) is 5.38. The zero-order chi connectivity index (χ0) is 15.7. The number of halogens is 3. The molecule has 6 heteroatoms. The fourth-order valence-electron chi connectivity index (χ4n) is 3.56. The molecule has 0 aromatic heterocycles.